The van der Waals surface area contributed by atoms with Crippen LogP contribution in [0.4, 0.5) is 5.69 Å². The van der Waals surface area contributed by atoms with Gasteiger partial charge in [-0.3, -0.25) is 14.4 Å². The summed E-state index contributed by atoms with van der Waals surface area (Å²) in [5.41, 5.74) is 1.78. The van der Waals surface area contributed by atoms with Crippen LogP contribution in [0.2, 0.25) is 0 Å². The van der Waals surface area contributed by atoms with Gasteiger partial charge < -0.3 is 15.0 Å². The Morgan fingerprint density at radius 2 is 1.80 bits per heavy atom. The van der Waals surface area contributed by atoms with Gasteiger partial charge in [-0.2, -0.15) is 0 Å². The third kappa shape index (κ3) is 6.57. The summed E-state index contributed by atoms with van der Waals surface area (Å²) in [6.07, 6.45) is 4.82. The number of aryl methyl sites for hydroxylation is 1. The number of amides is 2. The Morgan fingerprint density at radius 3 is 2.44 bits per heavy atom. The normalized spacial score (nSPS) is 14.2. The lowest BCUT2D eigenvalue weighted by molar-refractivity contribution is -0.152. The van der Waals surface area contributed by atoms with E-state index < -0.39 is 0 Å². The number of carbonyl (C=O) groups is 3. The monoisotopic (exact) mass is 346 g/mol. The Bertz CT molecular complexity index is 606. The predicted molar refractivity (Wildman–Crippen MR) is 95.0 cm³/mol. The Hall–Kier alpha value is -2.37. The minimum absolute atomic E-state index is 0.0904. The quantitative estimate of drug-likeness (QED) is 0.770. The van der Waals surface area contributed by atoms with Crippen molar-refractivity contribution in [3.63, 3.8) is 0 Å². The molecule has 0 aromatic heterocycles. The summed E-state index contributed by atoms with van der Waals surface area (Å²) in [6, 6.07) is 7.41. The molecule has 0 unspecified atom stereocenters. The number of benzene rings is 1. The SMILES string of the molecule is Cc1ccc(NC(=O)CN(C)C(=O)COC(=O)CC2CCCC2)cc1. The van der Waals surface area contributed by atoms with Crippen molar-refractivity contribution >= 4 is 23.5 Å². The fourth-order valence-corrected chi connectivity index (χ4v) is 2.90. The Morgan fingerprint density at radius 1 is 1.16 bits per heavy atom. The Kier molecular flexibility index (Phi) is 6.98. The number of nitrogens with zero attached hydrogens (tertiary/aromatic N) is 1. The molecule has 1 aliphatic carbocycles. The number of hydrogen-bond donors (Lipinski definition) is 1. The second kappa shape index (κ2) is 9.20. The van der Waals surface area contributed by atoms with Crippen molar-refractivity contribution in [3.05, 3.63) is 29.8 Å². The van der Waals surface area contributed by atoms with Crippen molar-refractivity contribution in [2.45, 2.75) is 39.0 Å². The van der Waals surface area contributed by atoms with E-state index in [0.717, 1.165) is 31.2 Å². The van der Waals surface area contributed by atoms with E-state index in [0.29, 0.717) is 18.0 Å². The Balaban J connectivity index is 1.68. The molecule has 1 saturated carbocycles. The summed E-state index contributed by atoms with van der Waals surface area (Å²) < 4.78 is 5.04. The Labute approximate surface area is 148 Å². The van der Waals surface area contributed by atoms with Gasteiger partial charge in [-0.1, -0.05) is 30.5 Å². The number of anilines is 1. The summed E-state index contributed by atoms with van der Waals surface area (Å²) in [5.74, 6) is -0.630. The maximum Gasteiger partial charge on any atom is 0.306 e. The van der Waals surface area contributed by atoms with Gasteiger partial charge in [0.15, 0.2) is 6.61 Å². The highest BCUT2D eigenvalue weighted by atomic mass is 16.5. The molecule has 0 atom stereocenters. The molecule has 0 spiro atoms. The molecule has 0 heterocycles. The van der Waals surface area contributed by atoms with Gasteiger partial charge in [0.2, 0.25) is 5.91 Å². The van der Waals surface area contributed by atoms with Gasteiger partial charge in [0.1, 0.15) is 0 Å². The van der Waals surface area contributed by atoms with E-state index in [2.05, 4.69) is 5.32 Å². The minimum atomic E-state index is -0.390. The molecular formula is C19H26N2O4. The third-order valence-electron chi connectivity index (χ3n) is 4.43. The second-order valence-electron chi connectivity index (χ2n) is 6.68. The van der Waals surface area contributed by atoms with Gasteiger partial charge in [-0.15, -0.1) is 0 Å². The van der Waals surface area contributed by atoms with E-state index in [-0.39, 0.29) is 30.9 Å². The highest BCUT2D eigenvalue weighted by Gasteiger charge is 2.20. The first-order chi connectivity index (χ1) is 11.9. The highest BCUT2D eigenvalue weighted by molar-refractivity contribution is 5.94. The van der Waals surface area contributed by atoms with Crippen molar-refractivity contribution < 1.29 is 19.1 Å². The first-order valence-corrected chi connectivity index (χ1v) is 8.70. The van der Waals surface area contributed by atoms with Crippen LogP contribution >= 0.6 is 0 Å². The van der Waals surface area contributed by atoms with E-state index >= 15 is 0 Å². The lowest BCUT2D eigenvalue weighted by Crippen LogP contribution is -2.37. The van der Waals surface area contributed by atoms with Gasteiger partial charge in [-0.25, -0.2) is 0 Å². The van der Waals surface area contributed by atoms with E-state index in [1.165, 1.54) is 11.9 Å². The average molecular weight is 346 g/mol. The van der Waals surface area contributed by atoms with Gasteiger partial charge in [0.25, 0.3) is 5.91 Å². The van der Waals surface area contributed by atoms with E-state index in [1.807, 2.05) is 19.1 Å². The zero-order chi connectivity index (χ0) is 18.2. The third-order valence-corrected chi connectivity index (χ3v) is 4.43. The minimum Gasteiger partial charge on any atom is -0.456 e. The molecule has 1 N–H and O–H groups in total. The smallest absolute Gasteiger partial charge is 0.306 e. The van der Waals surface area contributed by atoms with Gasteiger partial charge in [-0.05, 0) is 37.8 Å². The molecule has 0 aliphatic heterocycles. The molecule has 136 valence electrons. The molecule has 1 aromatic rings. The second-order valence-corrected chi connectivity index (χ2v) is 6.68. The van der Waals surface area contributed by atoms with Crippen LogP contribution < -0.4 is 5.32 Å². The summed E-state index contributed by atoms with van der Waals surface area (Å²) in [7, 11) is 1.52. The molecule has 1 aromatic carbocycles. The van der Waals surface area contributed by atoms with Crippen molar-refractivity contribution in [1.82, 2.24) is 4.90 Å². The van der Waals surface area contributed by atoms with Crippen LogP contribution in [-0.4, -0.2) is 42.9 Å². The molecule has 2 rings (SSSR count). The van der Waals surface area contributed by atoms with Crippen LogP contribution in [0.3, 0.4) is 0 Å². The van der Waals surface area contributed by atoms with Crippen molar-refractivity contribution in [2.75, 3.05) is 25.5 Å². The number of ether oxygens (including phenoxy) is 1. The zero-order valence-electron chi connectivity index (χ0n) is 14.9. The first kappa shape index (κ1) is 19.0. The van der Waals surface area contributed by atoms with Crippen molar-refractivity contribution in [3.8, 4) is 0 Å². The molecule has 6 nitrogen and oxygen atoms in total. The number of likely N-dealkylation sites (N-methyl/N-ethyl adjacent to an activating group) is 1. The molecule has 0 saturated heterocycles. The summed E-state index contributed by atoms with van der Waals surface area (Å²) >= 11 is 0. The van der Waals surface area contributed by atoms with E-state index in [9.17, 15) is 14.4 Å². The molecule has 6 heteroatoms. The maximum atomic E-state index is 12.0. The van der Waals surface area contributed by atoms with Crippen molar-refractivity contribution in [2.24, 2.45) is 5.92 Å². The summed E-state index contributed by atoms with van der Waals surface area (Å²) in [6.45, 7) is 1.55. The first-order valence-electron chi connectivity index (χ1n) is 8.70. The standard InChI is InChI=1S/C19H26N2O4/c1-14-7-9-16(10-8-14)20-17(22)12-21(2)18(23)13-25-19(24)11-15-5-3-4-6-15/h7-10,15H,3-6,11-13H2,1-2H3,(H,20,22). The number of carbonyl (C=O) groups excluding carboxylic acids is 3. The molecule has 2 amide bonds. The van der Waals surface area contributed by atoms with Crippen molar-refractivity contribution in [1.29, 1.82) is 0 Å². The van der Waals surface area contributed by atoms with E-state index in [1.54, 1.807) is 12.1 Å². The van der Waals surface area contributed by atoms with Crippen LogP contribution in [0.1, 0.15) is 37.7 Å². The molecule has 25 heavy (non-hydrogen) atoms. The lowest BCUT2D eigenvalue weighted by atomic mass is 10.1. The highest BCUT2D eigenvalue weighted by Crippen LogP contribution is 2.27. The maximum absolute atomic E-state index is 12.0. The van der Waals surface area contributed by atoms with E-state index in [4.69, 9.17) is 4.74 Å². The average Bonchev–Trinajstić information content (AvgIpc) is 3.07. The molecular weight excluding hydrogens is 320 g/mol. The van der Waals surface area contributed by atoms with Crippen LogP contribution in [0.5, 0.6) is 0 Å². The topological polar surface area (TPSA) is 75.7 Å². The van der Waals surface area contributed by atoms with Crippen LogP contribution in [0, 0.1) is 12.8 Å². The lowest BCUT2D eigenvalue weighted by Gasteiger charge is -2.17. The summed E-state index contributed by atoms with van der Waals surface area (Å²) in [5, 5.41) is 2.73. The number of hydrogen-bond acceptors (Lipinski definition) is 4. The number of esters is 1. The molecule has 0 bridgehead atoms. The summed E-state index contributed by atoms with van der Waals surface area (Å²) in [4.78, 5) is 37.0. The predicted octanol–water partition coefficient (Wildman–Crippen LogP) is 2.52. The van der Waals surface area contributed by atoms with Gasteiger partial charge >= 0.3 is 5.97 Å². The largest absolute Gasteiger partial charge is 0.456 e. The van der Waals surface area contributed by atoms with Gasteiger partial charge in [0, 0.05) is 19.2 Å². The van der Waals surface area contributed by atoms with Gasteiger partial charge in [0.05, 0.1) is 6.54 Å². The molecule has 0 radical (unpaired) electrons. The number of nitrogens with one attached hydrogen (secondary N) is 1. The number of rotatable bonds is 7. The zero-order valence-corrected chi connectivity index (χ0v) is 14.9. The van der Waals surface area contributed by atoms with Crippen LogP contribution in [0.15, 0.2) is 24.3 Å². The molecule has 1 aliphatic rings. The fraction of sp³-hybridized carbons (Fsp3) is 0.526. The fourth-order valence-electron chi connectivity index (χ4n) is 2.90. The van der Waals surface area contributed by atoms with Crippen LogP contribution in [-0.2, 0) is 19.1 Å². The molecule has 1 fully saturated rings. The van der Waals surface area contributed by atoms with Crippen LogP contribution in [0.25, 0.3) is 0 Å².